The number of halogens is 3. The van der Waals surface area contributed by atoms with Crippen LogP contribution >= 0.6 is 11.8 Å². The standard InChI is InChI=1S/C18H19F3N4O2S/c1-11-7-6-8-12-13(11)25-15(24-9-4-3-5-10-24)22-17(14(26)27-2,18(19,20)21)23-16(25)28-12/h6-8H,3-5,9-10H2,1-2H3. The first-order valence-corrected chi connectivity index (χ1v) is 9.77. The van der Waals surface area contributed by atoms with Crippen LogP contribution in [0.15, 0.2) is 33.1 Å². The highest BCUT2D eigenvalue weighted by Gasteiger charge is 2.66. The summed E-state index contributed by atoms with van der Waals surface area (Å²) in [5.41, 5.74) is -1.63. The topological polar surface area (TPSA) is 57.5 Å². The number of piperidine rings is 1. The molecule has 0 amide bonds. The van der Waals surface area contributed by atoms with Gasteiger partial charge in [-0.25, -0.2) is 14.8 Å². The molecule has 6 nitrogen and oxygen atoms in total. The number of carbonyl (C=O) groups is 1. The van der Waals surface area contributed by atoms with Gasteiger partial charge in [0.1, 0.15) is 0 Å². The summed E-state index contributed by atoms with van der Waals surface area (Å²) in [5.74, 6) is -1.43. The van der Waals surface area contributed by atoms with E-state index in [2.05, 4.69) is 14.7 Å². The molecule has 0 radical (unpaired) electrons. The van der Waals surface area contributed by atoms with Crippen molar-refractivity contribution in [1.82, 2.24) is 4.90 Å². The van der Waals surface area contributed by atoms with E-state index in [1.807, 2.05) is 30.0 Å². The van der Waals surface area contributed by atoms with E-state index in [9.17, 15) is 18.0 Å². The Balaban J connectivity index is 1.93. The minimum Gasteiger partial charge on any atom is -0.465 e. The quantitative estimate of drug-likeness (QED) is 0.661. The Morgan fingerprint density at radius 2 is 1.93 bits per heavy atom. The van der Waals surface area contributed by atoms with E-state index in [0.29, 0.717) is 13.1 Å². The van der Waals surface area contributed by atoms with Crippen molar-refractivity contribution in [2.75, 3.05) is 25.1 Å². The van der Waals surface area contributed by atoms with E-state index in [1.165, 1.54) is 0 Å². The zero-order valence-electron chi connectivity index (χ0n) is 15.4. The monoisotopic (exact) mass is 412 g/mol. The third kappa shape index (κ3) is 2.76. The van der Waals surface area contributed by atoms with Crippen molar-refractivity contribution < 1.29 is 22.7 Å². The molecule has 3 heterocycles. The number of benzene rings is 1. The number of para-hydroxylation sites is 1. The number of aliphatic imine (C=N–C) groups is 2. The largest absolute Gasteiger partial charge is 0.465 e. The molecule has 1 saturated heterocycles. The minimum atomic E-state index is -5.02. The summed E-state index contributed by atoms with van der Waals surface area (Å²) in [6, 6.07) is 5.56. The van der Waals surface area contributed by atoms with Gasteiger partial charge in [0.2, 0.25) is 5.96 Å². The molecule has 3 aliphatic rings. The van der Waals surface area contributed by atoms with Crippen LogP contribution in [0.2, 0.25) is 0 Å². The number of rotatable bonds is 1. The normalized spacial score (nSPS) is 24.3. The second kappa shape index (κ2) is 6.68. The first-order valence-electron chi connectivity index (χ1n) is 8.96. The maximum absolute atomic E-state index is 14.1. The van der Waals surface area contributed by atoms with Crippen LogP contribution in [0, 0.1) is 6.92 Å². The van der Waals surface area contributed by atoms with Crippen LogP contribution in [0.1, 0.15) is 24.8 Å². The molecule has 0 aliphatic carbocycles. The number of alkyl halides is 3. The van der Waals surface area contributed by atoms with Gasteiger partial charge in [-0.3, -0.25) is 4.90 Å². The number of fused-ring (bicyclic) bond motifs is 3. The van der Waals surface area contributed by atoms with Gasteiger partial charge >= 0.3 is 17.8 Å². The molecule has 150 valence electrons. The SMILES string of the molecule is COC(=O)C1(C(F)(F)F)N=C2Sc3cccc(C)c3N2C(N2CCCCC2)=N1. The third-order valence-electron chi connectivity index (χ3n) is 5.04. The number of guanidine groups is 1. The van der Waals surface area contributed by atoms with Crippen molar-refractivity contribution in [3.05, 3.63) is 23.8 Å². The number of amidine groups is 1. The number of nitrogens with zero attached hydrogens (tertiary/aromatic N) is 4. The van der Waals surface area contributed by atoms with E-state index in [0.717, 1.165) is 54.3 Å². The minimum absolute atomic E-state index is 0.0857. The summed E-state index contributed by atoms with van der Waals surface area (Å²) in [4.78, 5) is 24.3. The van der Waals surface area contributed by atoms with Gasteiger partial charge in [0, 0.05) is 18.0 Å². The van der Waals surface area contributed by atoms with Crippen molar-refractivity contribution >= 4 is 34.5 Å². The molecule has 10 heteroatoms. The molecule has 0 spiro atoms. The van der Waals surface area contributed by atoms with Crippen LogP contribution < -0.4 is 4.90 Å². The number of hydrogen-bond donors (Lipinski definition) is 0. The average Bonchev–Trinajstić information content (AvgIpc) is 3.05. The molecular formula is C18H19F3N4O2S. The lowest BCUT2D eigenvalue weighted by Gasteiger charge is -2.40. The molecule has 1 aromatic rings. The van der Waals surface area contributed by atoms with E-state index in [4.69, 9.17) is 0 Å². The summed E-state index contributed by atoms with van der Waals surface area (Å²) in [6.45, 7) is 3.04. The van der Waals surface area contributed by atoms with Crippen LogP contribution in [0.5, 0.6) is 0 Å². The highest BCUT2D eigenvalue weighted by atomic mass is 32.2. The number of aryl methyl sites for hydroxylation is 1. The van der Waals surface area contributed by atoms with Crippen LogP contribution in [-0.4, -0.2) is 54.0 Å². The maximum Gasteiger partial charge on any atom is 0.446 e. The first kappa shape index (κ1) is 19.1. The number of thioether (sulfide) groups is 1. The fraction of sp³-hybridized carbons (Fsp3) is 0.500. The number of likely N-dealkylation sites (tertiary alicyclic amines) is 1. The van der Waals surface area contributed by atoms with Gasteiger partial charge in [-0.15, -0.1) is 0 Å². The Morgan fingerprint density at radius 3 is 2.57 bits per heavy atom. The number of esters is 1. The molecule has 28 heavy (non-hydrogen) atoms. The van der Waals surface area contributed by atoms with Crippen molar-refractivity contribution in [1.29, 1.82) is 0 Å². The number of ether oxygens (including phenoxy) is 1. The molecule has 3 aliphatic heterocycles. The van der Waals surface area contributed by atoms with Gasteiger partial charge in [0.25, 0.3) is 0 Å². The lowest BCUT2D eigenvalue weighted by molar-refractivity contribution is -0.201. The smallest absolute Gasteiger partial charge is 0.446 e. The Kier molecular flexibility index (Phi) is 4.56. The number of hydrogen-bond acceptors (Lipinski definition) is 7. The van der Waals surface area contributed by atoms with Gasteiger partial charge in [-0.05, 0) is 49.6 Å². The van der Waals surface area contributed by atoms with Crippen LogP contribution in [0.4, 0.5) is 18.9 Å². The molecule has 0 N–H and O–H groups in total. The second-order valence-electron chi connectivity index (χ2n) is 6.87. The van der Waals surface area contributed by atoms with E-state index < -0.39 is 17.8 Å². The van der Waals surface area contributed by atoms with E-state index in [1.54, 1.807) is 4.90 Å². The molecule has 0 bridgehead atoms. The molecule has 1 fully saturated rings. The Bertz CT molecular complexity index is 880. The fourth-order valence-corrected chi connectivity index (χ4v) is 4.77. The van der Waals surface area contributed by atoms with Gasteiger partial charge < -0.3 is 9.64 Å². The molecule has 0 saturated carbocycles. The molecule has 0 aromatic heterocycles. The predicted molar refractivity (Wildman–Crippen MR) is 101 cm³/mol. The third-order valence-corrected chi connectivity index (χ3v) is 6.05. The van der Waals surface area contributed by atoms with Crippen LogP contribution in [0.25, 0.3) is 0 Å². The molecule has 1 aromatic carbocycles. The summed E-state index contributed by atoms with van der Waals surface area (Å²) in [5, 5.41) is 0.0857. The summed E-state index contributed by atoms with van der Waals surface area (Å²) in [7, 11) is 0.916. The summed E-state index contributed by atoms with van der Waals surface area (Å²) in [6.07, 6.45) is -2.31. The molecule has 1 atom stereocenters. The highest BCUT2D eigenvalue weighted by molar-refractivity contribution is 8.15. The Morgan fingerprint density at radius 1 is 1.21 bits per heavy atom. The van der Waals surface area contributed by atoms with E-state index >= 15 is 0 Å². The predicted octanol–water partition coefficient (Wildman–Crippen LogP) is 3.55. The lowest BCUT2D eigenvalue weighted by atomic mass is 10.1. The average molecular weight is 412 g/mol. The second-order valence-corrected chi connectivity index (χ2v) is 7.88. The van der Waals surface area contributed by atoms with Crippen molar-refractivity contribution in [2.24, 2.45) is 9.98 Å². The number of carbonyl (C=O) groups excluding carboxylic acids is 1. The lowest BCUT2D eigenvalue weighted by Crippen LogP contribution is -2.59. The molecular weight excluding hydrogens is 393 g/mol. The highest BCUT2D eigenvalue weighted by Crippen LogP contribution is 2.48. The van der Waals surface area contributed by atoms with Gasteiger partial charge in [-0.1, -0.05) is 12.1 Å². The van der Waals surface area contributed by atoms with Crippen molar-refractivity contribution in [3.63, 3.8) is 0 Å². The molecule has 1 unspecified atom stereocenters. The zero-order chi connectivity index (χ0) is 20.1. The van der Waals surface area contributed by atoms with Gasteiger partial charge in [-0.2, -0.15) is 13.2 Å². The Hall–Kier alpha value is -2.23. The van der Waals surface area contributed by atoms with Gasteiger partial charge in [0.15, 0.2) is 5.17 Å². The maximum atomic E-state index is 14.1. The zero-order valence-corrected chi connectivity index (χ0v) is 16.2. The van der Waals surface area contributed by atoms with E-state index in [-0.39, 0.29) is 11.1 Å². The first-order chi connectivity index (χ1) is 13.3. The summed E-state index contributed by atoms with van der Waals surface area (Å²) >= 11 is 1.11. The summed E-state index contributed by atoms with van der Waals surface area (Å²) < 4.78 is 46.7. The van der Waals surface area contributed by atoms with Gasteiger partial charge in [0.05, 0.1) is 12.8 Å². The Labute approximate surface area is 164 Å². The van der Waals surface area contributed by atoms with Crippen LogP contribution in [-0.2, 0) is 9.53 Å². The van der Waals surface area contributed by atoms with Crippen molar-refractivity contribution in [2.45, 2.75) is 42.9 Å². The van der Waals surface area contributed by atoms with Crippen molar-refractivity contribution in [3.8, 4) is 0 Å². The van der Waals surface area contributed by atoms with Crippen LogP contribution in [0.3, 0.4) is 0 Å². The fourth-order valence-electron chi connectivity index (χ4n) is 3.64. The number of anilines is 1. The molecule has 4 rings (SSSR count). The number of methoxy groups -OCH3 is 1.